The van der Waals surface area contributed by atoms with E-state index < -0.39 is 6.03 Å². The van der Waals surface area contributed by atoms with E-state index in [4.69, 9.17) is 23.2 Å². The predicted molar refractivity (Wildman–Crippen MR) is 104 cm³/mol. The Morgan fingerprint density at radius 2 is 1.80 bits per heavy atom. The van der Waals surface area contributed by atoms with E-state index in [2.05, 4.69) is 20.8 Å². The quantitative estimate of drug-likeness (QED) is 0.603. The molecule has 0 bridgehead atoms. The van der Waals surface area contributed by atoms with Gasteiger partial charge in [-0.15, -0.1) is 10.2 Å². The van der Waals surface area contributed by atoms with Gasteiger partial charge >= 0.3 is 6.03 Å². The molecule has 0 aliphatic heterocycles. The number of aromatic nitrogens is 2. The summed E-state index contributed by atoms with van der Waals surface area (Å²) in [6.45, 7) is 0. The fourth-order valence-corrected chi connectivity index (χ4v) is 3.02. The molecule has 8 heteroatoms. The number of carbonyl (C=O) groups is 1. The number of anilines is 2. The Balaban J connectivity index is 1.61. The summed E-state index contributed by atoms with van der Waals surface area (Å²) in [6, 6.07) is 14.2. The van der Waals surface area contributed by atoms with E-state index in [0.29, 0.717) is 25.9 Å². The molecule has 0 fully saturated rings. The zero-order valence-electron chi connectivity index (χ0n) is 12.7. The van der Waals surface area contributed by atoms with Gasteiger partial charge in [-0.05, 0) is 29.8 Å². The lowest BCUT2D eigenvalue weighted by Crippen LogP contribution is -2.19. The fourth-order valence-electron chi connectivity index (χ4n) is 1.93. The van der Waals surface area contributed by atoms with E-state index in [1.54, 1.807) is 18.2 Å². The number of urea groups is 1. The Morgan fingerprint density at radius 3 is 2.56 bits per heavy atom. The third-order valence-electron chi connectivity index (χ3n) is 3.06. The van der Waals surface area contributed by atoms with Crippen molar-refractivity contribution in [1.82, 2.24) is 10.2 Å². The molecule has 3 rings (SSSR count). The minimum Gasteiger partial charge on any atom is -0.306 e. The molecule has 0 aliphatic carbocycles. The van der Waals surface area contributed by atoms with Crippen LogP contribution in [0, 0.1) is 0 Å². The molecule has 3 aromatic rings. The van der Waals surface area contributed by atoms with Gasteiger partial charge in [0.15, 0.2) is 0 Å². The predicted octanol–water partition coefficient (Wildman–Crippen LogP) is 5.66. The average molecular weight is 391 g/mol. The fraction of sp³-hybridized carbons (Fsp3) is 0. The molecule has 2 aromatic carbocycles. The second-order valence-electron chi connectivity index (χ2n) is 4.89. The molecule has 0 saturated heterocycles. The second kappa shape index (κ2) is 8.11. The number of hydrogen-bond acceptors (Lipinski definition) is 4. The van der Waals surface area contributed by atoms with Crippen LogP contribution in [0.15, 0.2) is 48.5 Å². The Hall–Kier alpha value is -2.41. The molecule has 0 unspecified atom stereocenters. The van der Waals surface area contributed by atoms with Gasteiger partial charge in [-0.3, -0.25) is 5.32 Å². The molecular weight excluding hydrogens is 379 g/mol. The van der Waals surface area contributed by atoms with Crippen LogP contribution < -0.4 is 10.6 Å². The molecule has 0 radical (unpaired) electrons. The summed E-state index contributed by atoms with van der Waals surface area (Å²) in [7, 11) is 0. The molecule has 25 heavy (non-hydrogen) atoms. The standard InChI is InChI=1S/C17H12Cl2N4OS/c18-12-7-8-14(13(19)10-12)20-16(24)21-17-23-22-15(25-17)9-6-11-4-2-1-3-5-11/h1-10H,(H2,20,21,23,24). The van der Waals surface area contributed by atoms with Gasteiger partial charge in [0.1, 0.15) is 5.01 Å². The van der Waals surface area contributed by atoms with Crippen molar-refractivity contribution in [2.45, 2.75) is 0 Å². The first-order valence-electron chi connectivity index (χ1n) is 7.20. The molecule has 126 valence electrons. The van der Waals surface area contributed by atoms with Crippen molar-refractivity contribution in [2.24, 2.45) is 0 Å². The van der Waals surface area contributed by atoms with Gasteiger partial charge in [0.2, 0.25) is 5.13 Å². The summed E-state index contributed by atoms with van der Waals surface area (Å²) < 4.78 is 0. The molecule has 5 nitrogen and oxygen atoms in total. The van der Waals surface area contributed by atoms with Crippen molar-refractivity contribution in [3.05, 3.63) is 69.1 Å². The summed E-state index contributed by atoms with van der Waals surface area (Å²) in [6.07, 6.45) is 3.77. The summed E-state index contributed by atoms with van der Waals surface area (Å²) in [5, 5.41) is 15.1. The number of amides is 2. The number of benzene rings is 2. The van der Waals surface area contributed by atoms with Crippen molar-refractivity contribution < 1.29 is 4.79 Å². The van der Waals surface area contributed by atoms with E-state index in [0.717, 1.165) is 5.56 Å². The molecule has 0 saturated carbocycles. The smallest absolute Gasteiger partial charge is 0.306 e. The number of nitrogens with zero attached hydrogens (tertiary/aromatic N) is 2. The zero-order valence-corrected chi connectivity index (χ0v) is 15.1. The minimum absolute atomic E-state index is 0.353. The van der Waals surface area contributed by atoms with Crippen LogP contribution in [0.25, 0.3) is 12.2 Å². The van der Waals surface area contributed by atoms with Crippen molar-refractivity contribution in [1.29, 1.82) is 0 Å². The lowest BCUT2D eigenvalue weighted by atomic mass is 10.2. The molecule has 1 heterocycles. The second-order valence-corrected chi connectivity index (χ2v) is 6.75. The van der Waals surface area contributed by atoms with Crippen LogP contribution in [0.4, 0.5) is 15.6 Å². The highest BCUT2D eigenvalue weighted by molar-refractivity contribution is 7.16. The van der Waals surface area contributed by atoms with E-state index in [9.17, 15) is 4.79 Å². The largest absolute Gasteiger partial charge is 0.325 e. The first kappa shape index (κ1) is 17.4. The van der Waals surface area contributed by atoms with Crippen LogP contribution in [0.5, 0.6) is 0 Å². The number of hydrogen-bond donors (Lipinski definition) is 2. The van der Waals surface area contributed by atoms with Crippen LogP contribution in [-0.2, 0) is 0 Å². The van der Waals surface area contributed by atoms with Crippen molar-refractivity contribution in [3.63, 3.8) is 0 Å². The maximum atomic E-state index is 12.0. The zero-order chi connectivity index (χ0) is 17.6. The van der Waals surface area contributed by atoms with Crippen LogP contribution in [0.3, 0.4) is 0 Å². The highest BCUT2D eigenvalue weighted by Gasteiger charge is 2.09. The molecule has 0 spiro atoms. The number of nitrogens with one attached hydrogen (secondary N) is 2. The Labute approximate surface area is 158 Å². The SMILES string of the molecule is O=C(Nc1nnc(C=Cc2ccccc2)s1)Nc1ccc(Cl)cc1Cl. The molecule has 0 atom stereocenters. The van der Waals surface area contributed by atoms with Crippen molar-refractivity contribution >= 4 is 63.5 Å². The van der Waals surface area contributed by atoms with Crippen LogP contribution in [-0.4, -0.2) is 16.2 Å². The van der Waals surface area contributed by atoms with Crippen LogP contribution >= 0.6 is 34.5 Å². The van der Waals surface area contributed by atoms with E-state index >= 15 is 0 Å². The highest BCUT2D eigenvalue weighted by atomic mass is 35.5. The van der Waals surface area contributed by atoms with Gasteiger partial charge in [0, 0.05) is 5.02 Å². The average Bonchev–Trinajstić information content (AvgIpc) is 3.04. The third-order valence-corrected chi connectivity index (χ3v) is 4.41. The maximum absolute atomic E-state index is 12.0. The van der Waals surface area contributed by atoms with Gasteiger partial charge < -0.3 is 5.32 Å². The van der Waals surface area contributed by atoms with E-state index in [1.807, 2.05) is 42.5 Å². The van der Waals surface area contributed by atoms with Crippen LogP contribution in [0.2, 0.25) is 10.0 Å². The molecule has 1 aromatic heterocycles. The molecule has 2 amide bonds. The Kier molecular flexibility index (Phi) is 5.65. The molecule has 2 N–H and O–H groups in total. The maximum Gasteiger partial charge on any atom is 0.325 e. The highest BCUT2D eigenvalue weighted by Crippen LogP contribution is 2.25. The summed E-state index contributed by atoms with van der Waals surface area (Å²) in [4.78, 5) is 12.0. The lowest BCUT2D eigenvalue weighted by molar-refractivity contribution is 0.262. The van der Waals surface area contributed by atoms with Crippen LogP contribution in [0.1, 0.15) is 10.6 Å². The normalized spacial score (nSPS) is 10.8. The van der Waals surface area contributed by atoms with Gasteiger partial charge in [0.05, 0.1) is 10.7 Å². The van der Waals surface area contributed by atoms with Crippen molar-refractivity contribution in [3.8, 4) is 0 Å². The number of rotatable bonds is 4. The first-order chi connectivity index (χ1) is 12.1. The van der Waals surface area contributed by atoms with Crippen molar-refractivity contribution in [2.75, 3.05) is 10.6 Å². The molecular formula is C17H12Cl2N4OS. The monoisotopic (exact) mass is 390 g/mol. The number of carbonyl (C=O) groups excluding carboxylic acids is 1. The van der Waals surface area contributed by atoms with Gasteiger partial charge in [-0.25, -0.2) is 4.79 Å². The number of halogens is 2. The lowest BCUT2D eigenvalue weighted by Gasteiger charge is -2.07. The summed E-state index contributed by atoms with van der Waals surface area (Å²) in [5.41, 5.74) is 1.51. The van der Waals surface area contributed by atoms with Gasteiger partial charge in [-0.2, -0.15) is 0 Å². The van der Waals surface area contributed by atoms with E-state index in [1.165, 1.54) is 11.3 Å². The van der Waals surface area contributed by atoms with E-state index in [-0.39, 0.29) is 0 Å². The minimum atomic E-state index is -0.459. The topological polar surface area (TPSA) is 66.9 Å². The summed E-state index contributed by atoms with van der Waals surface area (Å²) >= 11 is 13.1. The first-order valence-corrected chi connectivity index (χ1v) is 8.77. The Morgan fingerprint density at radius 1 is 1.00 bits per heavy atom. The third kappa shape index (κ3) is 5.03. The molecule has 0 aliphatic rings. The summed E-state index contributed by atoms with van der Waals surface area (Å²) in [5.74, 6) is 0. The van der Waals surface area contributed by atoms with Gasteiger partial charge in [-0.1, -0.05) is 70.9 Å². The van der Waals surface area contributed by atoms with Gasteiger partial charge in [0.25, 0.3) is 0 Å². The Bertz CT molecular complexity index is 912.